The first-order valence-corrected chi connectivity index (χ1v) is 11.2. The molecule has 32 heavy (non-hydrogen) atoms. The number of anilines is 2. The highest BCUT2D eigenvalue weighted by Crippen LogP contribution is 2.27. The molecule has 2 aromatic rings. The molecule has 4 rings (SSSR count). The number of nitrogens with one attached hydrogen (secondary N) is 2. The molecule has 2 aliphatic rings. The fourth-order valence-electron chi connectivity index (χ4n) is 4.45. The van der Waals surface area contributed by atoms with Crippen molar-refractivity contribution in [1.82, 2.24) is 10.2 Å². The molecule has 2 heterocycles. The molecule has 0 aliphatic carbocycles. The molecule has 4 atom stereocenters. The topological polar surface area (TPSA) is 97.3 Å². The summed E-state index contributed by atoms with van der Waals surface area (Å²) in [5.74, 6) is 0. The number of piperazine rings is 1. The van der Waals surface area contributed by atoms with Gasteiger partial charge in [0.1, 0.15) is 12.2 Å². The van der Waals surface area contributed by atoms with Crippen LogP contribution in [0, 0.1) is 0 Å². The van der Waals surface area contributed by atoms with Crippen LogP contribution in [0.5, 0.6) is 0 Å². The molecule has 2 aromatic carbocycles. The average Bonchev–Trinajstić information content (AvgIpc) is 3.13. The molecule has 0 radical (unpaired) electrons. The van der Waals surface area contributed by atoms with Crippen molar-refractivity contribution in [3.63, 3.8) is 0 Å². The fraction of sp³-hybridized carbons (Fsp3) is 0.435. The smallest absolute Gasteiger partial charge is 0.319 e. The van der Waals surface area contributed by atoms with Crippen molar-refractivity contribution in [1.29, 1.82) is 0 Å². The second-order valence-electron chi connectivity index (χ2n) is 8.08. The maximum absolute atomic E-state index is 12.3. The zero-order chi connectivity index (χ0) is 22.5. The van der Waals surface area contributed by atoms with Gasteiger partial charge in [-0.05, 0) is 30.3 Å². The van der Waals surface area contributed by atoms with E-state index in [4.69, 9.17) is 16.3 Å². The highest BCUT2D eigenvalue weighted by atomic mass is 35.5. The van der Waals surface area contributed by atoms with Crippen molar-refractivity contribution >= 4 is 29.0 Å². The lowest BCUT2D eigenvalue weighted by Gasteiger charge is -2.41. The summed E-state index contributed by atoms with van der Waals surface area (Å²) in [5.41, 5.74) is 1.77. The van der Waals surface area contributed by atoms with E-state index in [9.17, 15) is 15.0 Å². The van der Waals surface area contributed by atoms with E-state index in [1.54, 1.807) is 24.3 Å². The van der Waals surface area contributed by atoms with Crippen LogP contribution in [0.4, 0.5) is 16.2 Å². The molecule has 0 saturated carbocycles. The van der Waals surface area contributed by atoms with Gasteiger partial charge in [0.05, 0.1) is 18.8 Å². The number of urea groups is 1. The monoisotopic (exact) mass is 460 g/mol. The van der Waals surface area contributed by atoms with Crippen molar-refractivity contribution in [3.8, 4) is 0 Å². The normalized spacial score (nSPS) is 26.2. The summed E-state index contributed by atoms with van der Waals surface area (Å²) in [6.45, 7) is 3.10. The molecule has 2 fully saturated rings. The number of amides is 2. The molecule has 0 unspecified atom stereocenters. The number of ether oxygens (including phenoxy) is 1. The number of halogens is 1. The van der Waals surface area contributed by atoms with Crippen LogP contribution in [0.3, 0.4) is 0 Å². The first-order valence-electron chi connectivity index (χ1n) is 10.8. The van der Waals surface area contributed by atoms with Gasteiger partial charge in [0, 0.05) is 49.1 Å². The first-order chi connectivity index (χ1) is 15.5. The lowest BCUT2D eigenvalue weighted by molar-refractivity contribution is -0.0205. The van der Waals surface area contributed by atoms with Crippen LogP contribution >= 0.6 is 11.6 Å². The number of hydrogen-bond acceptors (Lipinski definition) is 6. The van der Waals surface area contributed by atoms with E-state index in [0.29, 0.717) is 10.7 Å². The third-order valence-corrected chi connectivity index (χ3v) is 6.28. The van der Waals surface area contributed by atoms with Crippen molar-refractivity contribution in [2.75, 3.05) is 49.5 Å². The molecule has 0 bridgehead atoms. The molecular weight excluding hydrogens is 432 g/mol. The van der Waals surface area contributed by atoms with Gasteiger partial charge >= 0.3 is 6.03 Å². The van der Waals surface area contributed by atoms with Crippen LogP contribution < -0.4 is 15.5 Å². The van der Waals surface area contributed by atoms with Gasteiger partial charge in [0.15, 0.2) is 0 Å². The summed E-state index contributed by atoms with van der Waals surface area (Å²) in [6.07, 6.45) is -1.93. The zero-order valence-corrected chi connectivity index (χ0v) is 18.5. The number of carbonyl (C=O) groups excluding carboxylic acids is 1. The fourth-order valence-corrected chi connectivity index (χ4v) is 4.64. The molecule has 0 aromatic heterocycles. The Hall–Kier alpha value is -2.36. The molecule has 2 aliphatic heterocycles. The van der Waals surface area contributed by atoms with E-state index in [-0.39, 0.29) is 25.2 Å². The van der Waals surface area contributed by atoms with E-state index in [0.717, 1.165) is 26.2 Å². The summed E-state index contributed by atoms with van der Waals surface area (Å²) in [5, 5.41) is 26.5. The van der Waals surface area contributed by atoms with Crippen LogP contribution in [-0.2, 0) is 4.74 Å². The predicted molar refractivity (Wildman–Crippen MR) is 124 cm³/mol. The predicted octanol–water partition coefficient (Wildman–Crippen LogP) is 1.77. The quantitative estimate of drug-likeness (QED) is 0.524. The Kier molecular flexibility index (Phi) is 7.49. The van der Waals surface area contributed by atoms with E-state index < -0.39 is 18.3 Å². The Bertz CT molecular complexity index is 895. The van der Waals surface area contributed by atoms with Crippen molar-refractivity contribution in [2.45, 2.75) is 24.4 Å². The number of aliphatic hydroxyl groups is 2. The molecule has 2 amide bonds. The van der Waals surface area contributed by atoms with Gasteiger partial charge in [0.2, 0.25) is 0 Å². The summed E-state index contributed by atoms with van der Waals surface area (Å²) < 4.78 is 5.90. The van der Waals surface area contributed by atoms with Crippen molar-refractivity contribution < 1.29 is 19.7 Å². The molecule has 4 N–H and O–H groups in total. The van der Waals surface area contributed by atoms with Crippen LogP contribution in [0.1, 0.15) is 0 Å². The van der Waals surface area contributed by atoms with Gasteiger partial charge < -0.3 is 30.5 Å². The molecule has 2 saturated heterocycles. The summed E-state index contributed by atoms with van der Waals surface area (Å²) in [6, 6.07) is 16.4. The molecular formula is C23H29ClN4O4. The number of para-hydroxylation sites is 1. The molecule has 9 heteroatoms. The number of hydrogen-bond donors (Lipinski definition) is 4. The first kappa shape index (κ1) is 22.8. The van der Waals surface area contributed by atoms with Crippen molar-refractivity contribution in [2.24, 2.45) is 0 Å². The lowest BCUT2D eigenvalue weighted by atomic mass is 10.0. The zero-order valence-electron chi connectivity index (χ0n) is 17.7. The number of nitrogens with zero attached hydrogens (tertiary/aromatic N) is 2. The van der Waals surface area contributed by atoms with E-state index in [2.05, 4.69) is 32.6 Å². The van der Waals surface area contributed by atoms with Crippen LogP contribution in [0.2, 0.25) is 5.02 Å². The highest BCUT2D eigenvalue weighted by molar-refractivity contribution is 6.30. The van der Waals surface area contributed by atoms with Crippen molar-refractivity contribution in [3.05, 3.63) is 59.6 Å². The van der Waals surface area contributed by atoms with E-state index in [1.807, 2.05) is 18.2 Å². The Morgan fingerprint density at radius 2 is 1.81 bits per heavy atom. The van der Waals surface area contributed by atoms with E-state index in [1.165, 1.54) is 5.69 Å². The second-order valence-corrected chi connectivity index (χ2v) is 8.52. The van der Waals surface area contributed by atoms with Gasteiger partial charge in [-0.1, -0.05) is 35.9 Å². The standard InChI is InChI=1S/C23H29ClN4O4/c24-16-5-4-6-17(13-16)26-23(31)25-14-19-21(22(30)20(15-29)32-19)28-11-9-27(10-12-28)18-7-2-1-3-8-18/h1-8,13,19-22,29-30H,9-12,14-15H2,(H2,25,26,31)/t19-,20+,21-,22-/m1/s1. The Morgan fingerprint density at radius 1 is 1.06 bits per heavy atom. The minimum Gasteiger partial charge on any atom is -0.394 e. The SMILES string of the molecule is O=C(NC[C@H]1O[C@@H](CO)[C@@H](O)[C@@H]1N1CCN(c2ccccc2)CC1)Nc1cccc(Cl)c1. The molecule has 8 nitrogen and oxygen atoms in total. The van der Waals surface area contributed by atoms with Crippen LogP contribution in [0.25, 0.3) is 0 Å². The molecule has 172 valence electrons. The van der Waals surface area contributed by atoms with Gasteiger partial charge in [-0.15, -0.1) is 0 Å². The largest absolute Gasteiger partial charge is 0.394 e. The van der Waals surface area contributed by atoms with Gasteiger partial charge in [-0.25, -0.2) is 4.79 Å². The average molecular weight is 461 g/mol. The maximum atomic E-state index is 12.3. The summed E-state index contributed by atoms with van der Waals surface area (Å²) >= 11 is 5.96. The number of carbonyl (C=O) groups is 1. The highest BCUT2D eigenvalue weighted by Gasteiger charge is 2.46. The third kappa shape index (κ3) is 5.33. The lowest BCUT2D eigenvalue weighted by Crippen LogP contribution is -2.57. The minimum atomic E-state index is -0.828. The van der Waals surface area contributed by atoms with Gasteiger partial charge in [-0.2, -0.15) is 0 Å². The van der Waals surface area contributed by atoms with E-state index >= 15 is 0 Å². The maximum Gasteiger partial charge on any atom is 0.319 e. The number of aliphatic hydroxyl groups excluding tert-OH is 2. The van der Waals surface area contributed by atoms with Gasteiger partial charge in [-0.3, -0.25) is 4.90 Å². The third-order valence-electron chi connectivity index (χ3n) is 6.04. The van der Waals surface area contributed by atoms with Crippen LogP contribution in [0.15, 0.2) is 54.6 Å². The number of rotatable bonds is 6. The summed E-state index contributed by atoms with van der Waals surface area (Å²) in [4.78, 5) is 16.9. The second kappa shape index (κ2) is 10.5. The number of benzene rings is 2. The van der Waals surface area contributed by atoms with Crippen LogP contribution in [-0.4, -0.2) is 84.8 Å². The Labute approximate surface area is 192 Å². The Morgan fingerprint density at radius 3 is 2.50 bits per heavy atom. The summed E-state index contributed by atoms with van der Waals surface area (Å²) in [7, 11) is 0. The molecule has 0 spiro atoms. The Balaban J connectivity index is 1.35. The minimum absolute atomic E-state index is 0.212. The van der Waals surface area contributed by atoms with Gasteiger partial charge in [0.25, 0.3) is 0 Å².